The van der Waals surface area contributed by atoms with E-state index in [1.807, 2.05) is 20.8 Å². The number of carbonyl (C=O) groups excluding carboxylic acids is 1. The summed E-state index contributed by atoms with van der Waals surface area (Å²) in [6.45, 7) is 7.40. The zero-order chi connectivity index (χ0) is 26.0. The molecule has 35 heavy (non-hydrogen) atoms. The molecule has 0 aromatic carbocycles. The van der Waals surface area contributed by atoms with Crippen LogP contribution in [0.4, 0.5) is 8.78 Å². The molecule has 0 saturated heterocycles. The number of amides is 1. The normalized spacial score (nSPS) is 20.8. The predicted molar refractivity (Wildman–Crippen MR) is 131 cm³/mol. The molecule has 1 fully saturated rings. The van der Waals surface area contributed by atoms with Crippen LogP contribution in [0.5, 0.6) is 5.75 Å². The lowest BCUT2D eigenvalue weighted by Crippen LogP contribution is -2.45. The lowest BCUT2D eigenvalue weighted by Gasteiger charge is -2.34. The van der Waals surface area contributed by atoms with Gasteiger partial charge in [-0.3, -0.25) is 14.5 Å². The number of nitrogens with zero attached hydrogens (tertiary/aromatic N) is 3. The molecule has 2 aromatic heterocycles. The van der Waals surface area contributed by atoms with Crippen LogP contribution >= 0.6 is 11.6 Å². The molecule has 0 bridgehead atoms. The molecular weight excluding hydrogens is 478 g/mol. The van der Waals surface area contributed by atoms with Crippen molar-refractivity contribution in [3.05, 3.63) is 28.5 Å². The number of aromatic nitrogens is 3. The van der Waals surface area contributed by atoms with Crippen LogP contribution in [0.1, 0.15) is 76.4 Å². The number of rotatable bonds is 8. The van der Waals surface area contributed by atoms with Gasteiger partial charge in [-0.25, -0.2) is 0 Å². The Kier molecular flexibility index (Phi) is 8.42. The molecule has 1 amide bonds. The second-order valence-corrected chi connectivity index (χ2v) is 11.1. The van der Waals surface area contributed by atoms with E-state index < -0.39 is 18.1 Å². The SMILES string of the molecule is CCn1nc(C(=O)NCC2(O)CCC(C)CC2)c(Cl)c1-c1ncc(CC(C)(C)C)cc1OC(F)F. The number of aliphatic hydroxyl groups is 1. The molecular formula is C25H35ClF2N4O3. The van der Waals surface area contributed by atoms with Gasteiger partial charge >= 0.3 is 6.61 Å². The van der Waals surface area contributed by atoms with Crippen molar-refractivity contribution in [2.45, 2.75) is 85.5 Å². The number of ether oxygens (including phenoxy) is 1. The van der Waals surface area contributed by atoms with Crippen molar-refractivity contribution in [3.8, 4) is 17.1 Å². The number of alkyl halides is 2. The third-order valence-electron chi connectivity index (χ3n) is 6.28. The highest BCUT2D eigenvalue weighted by molar-refractivity contribution is 6.36. The van der Waals surface area contributed by atoms with Gasteiger partial charge in [0.15, 0.2) is 11.4 Å². The second-order valence-electron chi connectivity index (χ2n) is 10.7. The number of aryl methyl sites for hydroxylation is 1. The molecule has 10 heteroatoms. The summed E-state index contributed by atoms with van der Waals surface area (Å²) >= 11 is 6.58. The predicted octanol–water partition coefficient (Wildman–Crippen LogP) is 5.48. The van der Waals surface area contributed by atoms with Crippen LogP contribution in [0.2, 0.25) is 5.02 Å². The standard InChI is InChI=1S/C25H35ClF2N4O3/c1-6-32-21(19-17(35-23(27)28)11-16(13-29-19)12-24(3,4)5)18(26)20(31-32)22(33)30-14-25(34)9-7-15(2)8-10-25/h11,13,15,23,34H,6-10,12,14H2,1-5H3,(H,30,33). The van der Waals surface area contributed by atoms with E-state index in [1.54, 1.807) is 13.1 Å². The zero-order valence-electron chi connectivity index (χ0n) is 21.0. The van der Waals surface area contributed by atoms with E-state index in [0.29, 0.717) is 31.7 Å². The third kappa shape index (κ3) is 6.91. The zero-order valence-corrected chi connectivity index (χ0v) is 21.8. The van der Waals surface area contributed by atoms with E-state index in [2.05, 4.69) is 22.3 Å². The quantitative estimate of drug-likeness (QED) is 0.489. The largest absolute Gasteiger partial charge is 0.432 e. The molecule has 1 aliphatic rings. The van der Waals surface area contributed by atoms with Crippen molar-refractivity contribution >= 4 is 17.5 Å². The summed E-state index contributed by atoms with van der Waals surface area (Å²) in [5.74, 6) is -0.123. The first-order valence-corrected chi connectivity index (χ1v) is 12.4. The van der Waals surface area contributed by atoms with Gasteiger partial charge in [-0.05, 0) is 62.0 Å². The lowest BCUT2D eigenvalue weighted by molar-refractivity contribution is -0.0497. The molecule has 2 N–H and O–H groups in total. The van der Waals surface area contributed by atoms with Crippen molar-refractivity contribution in [1.29, 1.82) is 0 Å². The van der Waals surface area contributed by atoms with Crippen molar-refractivity contribution in [3.63, 3.8) is 0 Å². The maximum absolute atomic E-state index is 13.2. The summed E-state index contributed by atoms with van der Waals surface area (Å²) in [7, 11) is 0. The van der Waals surface area contributed by atoms with E-state index in [-0.39, 0.29) is 39.8 Å². The van der Waals surface area contributed by atoms with Crippen LogP contribution in [0, 0.1) is 11.3 Å². The Balaban J connectivity index is 1.91. The van der Waals surface area contributed by atoms with Gasteiger partial charge in [0.25, 0.3) is 5.91 Å². The van der Waals surface area contributed by atoms with Gasteiger partial charge in [-0.1, -0.05) is 39.3 Å². The Bertz CT molecular complexity index is 1040. The fraction of sp³-hybridized carbons (Fsp3) is 0.640. The highest BCUT2D eigenvalue weighted by Crippen LogP contribution is 2.37. The molecule has 0 atom stereocenters. The number of carbonyl (C=O) groups is 1. The lowest BCUT2D eigenvalue weighted by atomic mass is 9.79. The molecule has 1 saturated carbocycles. The summed E-state index contributed by atoms with van der Waals surface area (Å²) in [6.07, 6.45) is 5.21. The van der Waals surface area contributed by atoms with E-state index in [1.165, 1.54) is 10.7 Å². The van der Waals surface area contributed by atoms with Crippen molar-refractivity contribution in [2.75, 3.05) is 6.54 Å². The molecule has 194 valence electrons. The van der Waals surface area contributed by atoms with Gasteiger partial charge in [-0.2, -0.15) is 13.9 Å². The minimum Gasteiger partial charge on any atom is -0.432 e. The first-order valence-electron chi connectivity index (χ1n) is 12.0. The number of hydrogen-bond acceptors (Lipinski definition) is 5. The number of nitrogens with one attached hydrogen (secondary N) is 1. The van der Waals surface area contributed by atoms with Gasteiger partial charge in [0.2, 0.25) is 0 Å². The summed E-state index contributed by atoms with van der Waals surface area (Å²) in [5, 5.41) is 17.8. The second kappa shape index (κ2) is 10.8. The summed E-state index contributed by atoms with van der Waals surface area (Å²) < 4.78 is 32.7. The molecule has 0 radical (unpaired) electrons. The van der Waals surface area contributed by atoms with Crippen LogP contribution in [0.15, 0.2) is 12.3 Å². The molecule has 7 nitrogen and oxygen atoms in total. The maximum atomic E-state index is 13.2. The van der Waals surface area contributed by atoms with Gasteiger partial charge in [0, 0.05) is 19.3 Å². The number of halogens is 3. The average Bonchev–Trinajstić information content (AvgIpc) is 3.09. The van der Waals surface area contributed by atoms with Gasteiger partial charge < -0.3 is 15.2 Å². The summed E-state index contributed by atoms with van der Waals surface area (Å²) in [5.41, 5.74) is -0.0555. The Morgan fingerprint density at radius 3 is 2.60 bits per heavy atom. The van der Waals surface area contributed by atoms with E-state index in [0.717, 1.165) is 18.4 Å². The van der Waals surface area contributed by atoms with Crippen LogP contribution in [-0.4, -0.2) is 44.5 Å². The molecule has 0 spiro atoms. The Hall–Kier alpha value is -2.26. The molecule has 0 aliphatic heterocycles. The highest BCUT2D eigenvalue weighted by atomic mass is 35.5. The van der Waals surface area contributed by atoms with Crippen molar-refractivity contribution in [1.82, 2.24) is 20.1 Å². The fourth-order valence-corrected chi connectivity index (χ4v) is 4.71. The van der Waals surface area contributed by atoms with Gasteiger partial charge in [0.05, 0.1) is 5.60 Å². The monoisotopic (exact) mass is 512 g/mol. The minimum absolute atomic E-state index is 0.0104. The average molecular weight is 513 g/mol. The van der Waals surface area contributed by atoms with E-state index in [9.17, 15) is 18.7 Å². The molecule has 0 unspecified atom stereocenters. The van der Waals surface area contributed by atoms with Crippen molar-refractivity contribution < 1.29 is 23.4 Å². The Labute approximate surface area is 210 Å². The Morgan fingerprint density at radius 2 is 2.03 bits per heavy atom. The van der Waals surface area contributed by atoms with Crippen LogP contribution < -0.4 is 10.1 Å². The Morgan fingerprint density at radius 1 is 1.37 bits per heavy atom. The number of hydrogen-bond donors (Lipinski definition) is 2. The van der Waals surface area contributed by atoms with E-state index >= 15 is 0 Å². The first-order chi connectivity index (χ1) is 16.3. The highest BCUT2D eigenvalue weighted by Gasteiger charge is 2.33. The summed E-state index contributed by atoms with van der Waals surface area (Å²) in [6, 6.07) is 1.53. The molecule has 1 aliphatic carbocycles. The summed E-state index contributed by atoms with van der Waals surface area (Å²) in [4.78, 5) is 17.3. The van der Waals surface area contributed by atoms with Gasteiger partial charge in [0.1, 0.15) is 16.4 Å². The maximum Gasteiger partial charge on any atom is 0.387 e. The van der Waals surface area contributed by atoms with Crippen molar-refractivity contribution in [2.24, 2.45) is 11.3 Å². The molecule has 2 heterocycles. The van der Waals surface area contributed by atoms with Crippen LogP contribution in [0.3, 0.4) is 0 Å². The molecule has 3 rings (SSSR count). The topological polar surface area (TPSA) is 89.3 Å². The third-order valence-corrected chi connectivity index (χ3v) is 6.63. The van der Waals surface area contributed by atoms with Crippen LogP contribution in [0.25, 0.3) is 11.4 Å². The first kappa shape index (κ1) is 27.3. The minimum atomic E-state index is -3.06. The number of pyridine rings is 1. The fourth-order valence-electron chi connectivity index (χ4n) is 4.40. The van der Waals surface area contributed by atoms with Gasteiger partial charge in [-0.15, -0.1) is 0 Å². The smallest absolute Gasteiger partial charge is 0.387 e. The van der Waals surface area contributed by atoms with E-state index in [4.69, 9.17) is 16.3 Å². The van der Waals surface area contributed by atoms with Crippen LogP contribution in [-0.2, 0) is 13.0 Å². The molecule has 2 aromatic rings.